The molecule has 1 aromatic rings. The Bertz CT molecular complexity index is 473. The zero-order valence-electron chi connectivity index (χ0n) is 8.39. The first-order valence-electron chi connectivity index (χ1n) is 5.21. The van der Waals surface area contributed by atoms with Gasteiger partial charge in [-0.15, -0.1) is 0 Å². The molecule has 1 saturated carbocycles. The maximum absolute atomic E-state index is 13.2. The van der Waals surface area contributed by atoms with Crippen LogP contribution in [0.15, 0.2) is 12.1 Å². The highest BCUT2D eigenvalue weighted by atomic mass is 35.5. The Morgan fingerprint density at radius 2 is 2.06 bits per heavy atom. The minimum Gasteiger partial charge on any atom is -0.372 e. The second kappa shape index (κ2) is 3.35. The number of amides is 1. The van der Waals surface area contributed by atoms with Crippen LogP contribution in [0.25, 0.3) is 0 Å². The van der Waals surface area contributed by atoms with Gasteiger partial charge in [0.15, 0.2) is 0 Å². The van der Waals surface area contributed by atoms with E-state index in [1.54, 1.807) is 0 Å². The Morgan fingerprint density at radius 1 is 1.31 bits per heavy atom. The molecule has 1 atom stereocenters. The highest BCUT2D eigenvalue weighted by molar-refractivity contribution is 6.31. The average Bonchev–Trinajstić information content (AvgIpc) is 3.03. The summed E-state index contributed by atoms with van der Waals surface area (Å²) in [5.74, 6) is -0.207. The van der Waals surface area contributed by atoms with Crippen LogP contribution in [-0.4, -0.2) is 11.9 Å². The Hall–Kier alpha value is -1.29. The van der Waals surface area contributed by atoms with Gasteiger partial charge in [0, 0.05) is 6.07 Å². The van der Waals surface area contributed by atoms with E-state index in [1.807, 2.05) is 0 Å². The Labute approximate surface area is 97.0 Å². The topological polar surface area (TPSA) is 41.1 Å². The summed E-state index contributed by atoms with van der Waals surface area (Å²) in [6.07, 6.45) is 2.13. The van der Waals surface area contributed by atoms with Crippen LogP contribution in [0.4, 0.5) is 15.8 Å². The fourth-order valence-corrected chi connectivity index (χ4v) is 2.14. The fourth-order valence-electron chi connectivity index (χ4n) is 1.97. The lowest BCUT2D eigenvalue weighted by atomic mass is 10.1. The number of carbonyl (C=O) groups is 1. The molecule has 16 heavy (non-hydrogen) atoms. The van der Waals surface area contributed by atoms with Gasteiger partial charge in [0.05, 0.1) is 16.4 Å². The molecule has 0 bridgehead atoms. The van der Waals surface area contributed by atoms with Crippen LogP contribution in [-0.2, 0) is 4.79 Å². The first-order valence-corrected chi connectivity index (χ1v) is 5.59. The second-order valence-corrected chi connectivity index (χ2v) is 4.67. The quantitative estimate of drug-likeness (QED) is 0.792. The Kier molecular flexibility index (Phi) is 2.07. The molecule has 2 aliphatic rings. The summed E-state index contributed by atoms with van der Waals surface area (Å²) in [6.45, 7) is 0. The molecule has 1 aromatic carbocycles. The third-order valence-electron chi connectivity index (χ3n) is 3.01. The standard InChI is InChI=1S/C11H10ClFN2O/c12-6-3-8-9(4-7(6)13)15-11(16)10(14-8)5-1-2-5/h3-5,10,14H,1-2H2,(H,15,16). The van der Waals surface area contributed by atoms with Gasteiger partial charge >= 0.3 is 0 Å². The van der Waals surface area contributed by atoms with Gasteiger partial charge in [-0.05, 0) is 24.8 Å². The number of rotatable bonds is 1. The van der Waals surface area contributed by atoms with Crippen LogP contribution in [0.5, 0.6) is 0 Å². The van der Waals surface area contributed by atoms with Crippen molar-refractivity contribution in [2.45, 2.75) is 18.9 Å². The number of benzene rings is 1. The number of halogens is 2. The molecular formula is C11H10ClFN2O. The molecule has 1 heterocycles. The van der Waals surface area contributed by atoms with E-state index < -0.39 is 5.82 Å². The molecular weight excluding hydrogens is 231 g/mol. The van der Waals surface area contributed by atoms with Crippen molar-refractivity contribution in [2.75, 3.05) is 10.6 Å². The van der Waals surface area contributed by atoms with Crippen LogP contribution >= 0.6 is 11.6 Å². The number of hydrogen-bond donors (Lipinski definition) is 2. The largest absolute Gasteiger partial charge is 0.372 e. The van der Waals surface area contributed by atoms with Gasteiger partial charge in [-0.3, -0.25) is 4.79 Å². The van der Waals surface area contributed by atoms with Gasteiger partial charge in [0.2, 0.25) is 5.91 Å². The van der Waals surface area contributed by atoms with Gasteiger partial charge in [-0.25, -0.2) is 4.39 Å². The van der Waals surface area contributed by atoms with Crippen LogP contribution in [0.2, 0.25) is 5.02 Å². The lowest BCUT2D eigenvalue weighted by molar-refractivity contribution is -0.117. The predicted molar refractivity (Wildman–Crippen MR) is 60.2 cm³/mol. The number of hydrogen-bond acceptors (Lipinski definition) is 2. The number of anilines is 2. The van der Waals surface area contributed by atoms with Crippen molar-refractivity contribution >= 4 is 28.9 Å². The van der Waals surface area contributed by atoms with Crippen molar-refractivity contribution in [1.29, 1.82) is 0 Å². The lowest BCUT2D eigenvalue weighted by Gasteiger charge is -2.27. The van der Waals surface area contributed by atoms with Gasteiger partial charge in [-0.1, -0.05) is 11.6 Å². The second-order valence-electron chi connectivity index (χ2n) is 4.26. The van der Waals surface area contributed by atoms with E-state index in [9.17, 15) is 9.18 Å². The molecule has 1 aliphatic heterocycles. The van der Waals surface area contributed by atoms with Crippen molar-refractivity contribution in [2.24, 2.45) is 5.92 Å². The van der Waals surface area contributed by atoms with Crippen molar-refractivity contribution in [3.05, 3.63) is 23.0 Å². The molecule has 0 aromatic heterocycles. The SMILES string of the molecule is O=C1Nc2cc(F)c(Cl)cc2NC1C1CC1. The van der Waals surface area contributed by atoms with Gasteiger partial charge in [0.25, 0.3) is 0 Å². The zero-order valence-corrected chi connectivity index (χ0v) is 9.14. The number of carbonyl (C=O) groups excluding carboxylic acids is 1. The highest BCUT2D eigenvalue weighted by Crippen LogP contribution is 2.39. The summed E-state index contributed by atoms with van der Waals surface area (Å²) in [5.41, 5.74) is 1.16. The number of nitrogens with one attached hydrogen (secondary N) is 2. The van der Waals surface area contributed by atoms with Crippen LogP contribution in [0.3, 0.4) is 0 Å². The summed E-state index contributed by atoms with van der Waals surface area (Å²) >= 11 is 5.70. The maximum atomic E-state index is 13.2. The molecule has 0 saturated heterocycles. The smallest absolute Gasteiger partial charge is 0.247 e. The average molecular weight is 241 g/mol. The van der Waals surface area contributed by atoms with E-state index in [-0.39, 0.29) is 17.0 Å². The van der Waals surface area contributed by atoms with E-state index >= 15 is 0 Å². The Morgan fingerprint density at radius 3 is 2.75 bits per heavy atom. The third-order valence-corrected chi connectivity index (χ3v) is 3.29. The maximum Gasteiger partial charge on any atom is 0.247 e. The summed E-state index contributed by atoms with van der Waals surface area (Å²) < 4.78 is 13.2. The minimum absolute atomic E-state index is 0.0666. The molecule has 84 valence electrons. The first-order chi connectivity index (χ1) is 7.65. The molecule has 2 N–H and O–H groups in total. The summed E-state index contributed by atoms with van der Waals surface area (Å²) in [5, 5.41) is 5.88. The first kappa shape index (κ1) is 9.90. The molecule has 1 fully saturated rings. The molecule has 3 nitrogen and oxygen atoms in total. The van der Waals surface area contributed by atoms with Crippen LogP contribution < -0.4 is 10.6 Å². The van der Waals surface area contributed by atoms with Gasteiger partial charge in [-0.2, -0.15) is 0 Å². The summed E-state index contributed by atoms with van der Waals surface area (Å²) in [7, 11) is 0. The van der Waals surface area contributed by atoms with E-state index in [0.717, 1.165) is 12.8 Å². The normalized spacial score (nSPS) is 23.4. The molecule has 0 radical (unpaired) electrons. The molecule has 5 heteroatoms. The van der Waals surface area contributed by atoms with E-state index in [1.165, 1.54) is 12.1 Å². The van der Waals surface area contributed by atoms with E-state index in [2.05, 4.69) is 10.6 Å². The molecule has 0 spiro atoms. The van der Waals surface area contributed by atoms with Crippen molar-refractivity contribution in [1.82, 2.24) is 0 Å². The summed E-state index contributed by atoms with van der Waals surface area (Å²) in [6, 6.07) is 2.56. The summed E-state index contributed by atoms with van der Waals surface area (Å²) in [4.78, 5) is 11.7. The highest BCUT2D eigenvalue weighted by Gasteiger charge is 2.39. The van der Waals surface area contributed by atoms with Crippen molar-refractivity contribution in [3.63, 3.8) is 0 Å². The number of fused-ring (bicyclic) bond motifs is 1. The molecule has 1 aliphatic carbocycles. The predicted octanol–water partition coefficient (Wildman–Crippen LogP) is 2.62. The van der Waals surface area contributed by atoms with E-state index in [0.29, 0.717) is 17.3 Å². The minimum atomic E-state index is -0.521. The lowest BCUT2D eigenvalue weighted by Crippen LogP contribution is -2.40. The van der Waals surface area contributed by atoms with Crippen LogP contribution in [0.1, 0.15) is 12.8 Å². The molecule has 1 unspecified atom stereocenters. The van der Waals surface area contributed by atoms with E-state index in [4.69, 9.17) is 11.6 Å². The van der Waals surface area contributed by atoms with Gasteiger partial charge < -0.3 is 10.6 Å². The van der Waals surface area contributed by atoms with Crippen molar-refractivity contribution in [3.8, 4) is 0 Å². The third kappa shape index (κ3) is 1.53. The zero-order chi connectivity index (χ0) is 11.3. The monoisotopic (exact) mass is 240 g/mol. The van der Waals surface area contributed by atoms with Gasteiger partial charge in [0.1, 0.15) is 11.9 Å². The molecule has 1 amide bonds. The molecule has 3 rings (SSSR count). The fraction of sp³-hybridized carbons (Fsp3) is 0.364. The van der Waals surface area contributed by atoms with Crippen molar-refractivity contribution < 1.29 is 9.18 Å². The van der Waals surface area contributed by atoms with Crippen LogP contribution in [0, 0.1) is 11.7 Å². The Balaban J connectivity index is 1.98.